The number of hydrogen-bond donors (Lipinski definition) is 1. The summed E-state index contributed by atoms with van der Waals surface area (Å²) in [5, 5.41) is 3.53. The minimum Gasteiger partial charge on any atom is -0.354 e. The van der Waals surface area contributed by atoms with E-state index in [4.69, 9.17) is 23.2 Å². The molecule has 1 N–H and O–H groups in total. The Morgan fingerprint density at radius 3 is 2.35 bits per heavy atom. The molecule has 0 aliphatic rings. The lowest BCUT2D eigenvalue weighted by Crippen LogP contribution is -2.41. The fraction of sp³-hybridized carbons (Fsp3) is 0.240. The van der Waals surface area contributed by atoms with E-state index in [0.29, 0.717) is 31.9 Å². The number of nitrogens with one attached hydrogen (secondary N) is 1. The maximum absolute atomic E-state index is 13.4. The van der Waals surface area contributed by atoms with Crippen molar-refractivity contribution >= 4 is 56.6 Å². The molecule has 5 nitrogen and oxygen atoms in total. The van der Waals surface area contributed by atoms with E-state index < -0.39 is 34.2 Å². The molecule has 0 aromatic heterocycles. The molecule has 1 amide bonds. The van der Waals surface area contributed by atoms with E-state index in [1.807, 2.05) is 6.07 Å². The van der Waals surface area contributed by atoms with Crippen LogP contribution in [0.3, 0.4) is 0 Å². The average molecular weight is 592 g/mol. The summed E-state index contributed by atoms with van der Waals surface area (Å²) >= 11 is 13.4. The van der Waals surface area contributed by atoms with Crippen molar-refractivity contribution in [1.82, 2.24) is 5.32 Å². The molecule has 0 saturated carbocycles. The van der Waals surface area contributed by atoms with Crippen LogP contribution in [-0.4, -0.2) is 33.2 Å². The lowest BCUT2D eigenvalue weighted by molar-refractivity contribution is -0.137. The second-order valence-electron chi connectivity index (χ2n) is 8.02. The third-order valence-electron chi connectivity index (χ3n) is 5.18. The van der Waals surface area contributed by atoms with Crippen molar-refractivity contribution in [3.8, 4) is 0 Å². The Hall–Kier alpha value is -2.40. The molecule has 3 rings (SSSR count). The Labute approximate surface area is 228 Å². The monoisotopic (exact) mass is 590 g/mol. The average Bonchev–Trinajstić information content (AvgIpc) is 2.84. The highest BCUT2D eigenvalue weighted by Gasteiger charge is 2.33. The van der Waals surface area contributed by atoms with Gasteiger partial charge in [0.2, 0.25) is 5.91 Å². The summed E-state index contributed by atoms with van der Waals surface area (Å²) in [5.74, 6) is 0.480. The van der Waals surface area contributed by atoms with Crippen molar-refractivity contribution in [3.05, 3.63) is 93.5 Å². The predicted octanol–water partition coefficient (Wildman–Crippen LogP) is 6.57. The number of benzene rings is 3. The van der Waals surface area contributed by atoms with Crippen LogP contribution in [0.4, 0.5) is 18.9 Å². The van der Waals surface area contributed by atoms with Crippen molar-refractivity contribution in [2.45, 2.75) is 23.7 Å². The van der Waals surface area contributed by atoms with Gasteiger partial charge in [-0.3, -0.25) is 9.10 Å². The largest absolute Gasteiger partial charge is 0.416 e. The number of sulfonamides is 1. The fourth-order valence-corrected chi connectivity index (χ4v) is 5.80. The van der Waals surface area contributed by atoms with Gasteiger partial charge in [-0.1, -0.05) is 53.0 Å². The molecular weight excluding hydrogens is 568 g/mol. The number of nitrogens with zero attached hydrogens (tertiary/aromatic N) is 1. The summed E-state index contributed by atoms with van der Waals surface area (Å²) in [4.78, 5) is 12.5. The highest BCUT2D eigenvalue weighted by atomic mass is 35.5. The summed E-state index contributed by atoms with van der Waals surface area (Å²) in [6, 6.07) is 15.0. The Kier molecular flexibility index (Phi) is 9.80. The Morgan fingerprint density at radius 2 is 1.70 bits per heavy atom. The third-order valence-corrected chi connectivity index (χ3v) is 8.74. The zero-order chi connectivity index (χ0) is 27.2. The molecule has 0 heterocycles. The van der Waals surface area contributed by atoms with E-state index in [0.717, 1.165) is 23.3 Å². The minimum atomic E-state index is -4.68. The number of aryl methyl sites for hydroxylation is 1. The number of carbonyl (C=O) groups is 1. The van der Waals surface area contributed by atoms with Gasteiger partial charge in [0, 0.05) is 18.1 Å². The highest BCUT2D eigenvalue weighted by molar-refractivity contribution is 7.98. The molecule has 3 aromatic carbocycles. The molecule has 0 unspecified atom stereocenters. The Balaban J connectivity index is 1.71. The van der Waals surface area contributed by atoms with E-state index >= 15 is 0 Å². The third kappa shape index (κ3) is 8.04. The summed E-state index contributed by atoms with van der Waals surface area (Å²) in [6.45, 7) is 1.31. The van der Waals surface area contributed by atoms with Gasteiger partial charge >= 0.3 is 6.18 Å². The number of carbonyl (C=O) groups excluding carboxylic acids is 1. The highest BCUT2D eigenvalue weighted by Crippen LogP contribution is 2.33. The fourth-order valence-electron chi connectivity index (χ4n) is 3.26. The van der Waals surface area contributed by atoms with Gasteiger partial charge in [0.25, 0.3) is 10.0 Å². The zero-order valence-corrected chi connectivity index (χ0v) is 22.7. The maximum atomic E-state index is 13.4. The molecule has 0 aliphatic heterocycles. The number of amides is 1. The number of thioether (sulfide) groups is 1. The molecule has 0 bridgehead atoms. The van der Waals surface area contributed by atoms with E-state index in [2.05, 4.69) is 5.32 Å². The van der Waals surface area contributed by atoms with Gasteiger partial charge in [0.05, 0.1) is 26.2 Å². The van der Waals surface area contributed by atoms with Gasteiger partial charge in [0.15, 0.2) is 0 Å². The molecule has 0 radical (unpaired) electrons. The first kappa shape index (κ1) is 29.2. The van der Waals surface area contributed by atoms with Crippen LogP contribution in [0.2, 0.25) is 10.0 Å². The molecule has 37 heavy (non-hydrogen) atoms. The Morgan fingerprint density at radius 1 is 1.00 bits per heavy atom. The molecule has 0 spiro atoms. The van der Waals surface area contributed by atoms with Crippen LogP contribution >= 0.6 is 35.0 Å². The van der Waals surface area contributed by atoms with Gasteiger partial charge in [-0.05, 0) is 55.0 Å². The zero-order valence-electron chi connectivity index (χ0n) is 19.6. The van der Waals surface area contributed by atoms with Crippen LogP contribution in [0.15, 0.2) is 71.6 Å². The normalized spacial score (nSPS) is 11.8. The molecule has 0 atom stereocenters. The lowest BCUT2D eigenvalue weighted by atomic mass is 10.2. The first-order chi connectivity index (χ1) is 17.4. The molecule has 198 valence electrons. The number of rotatable bonds is 10. The van der Waals surface area contributed by atoms with E-state index in [1.165, 1.54) is 30.0 Å². The number of hydrogen-bond acceptors (Lipinski definition) is 4. The second kappa shape index (κ2) is 12.4. The van der Waals surface area contributed by atoms with Crippen LogP contribution in [0.25, 0.3) is 0 Å². The lowest BCUT2D eigenvalue weighted by Gasteiger charge is -2.25. The second-order valence-corrected chi connectivity index (χ2v) is 11.8. The Bertz CT molecular complexity index is 1350. The predicted molar refractivity (Wildman–Crippen MR) is 143 cm³/mol. The first-order valence-corrected chi connectivity index (χ1v) is 14.3. The van der Waals surface area contributed by atoms with Crippen molar-refractivity contribution in [2.75, 3.05) is 23.1 Å². The van der Waals surface area contributed by atoms with Gasteiger partial charge in [0.1, 0.15) is 6.54 Å². The van der Waals surface area contributed by atoms with Crippen LogP contribution in [0.1, 0.15) is 16.7 Å². The van der Waals surface area contributed by atoms with Gasteiger partial charge in [-0.15, -0.1) is 0 Å². The minimum absolute atomic E-state index is 0.138. The van der Waals surface area contributed by atoms with E-state index in [-0.39, 0.29) is 17.1 Å². The molecule has 12 heteroatoms. The van der Waals surface area contributed by atoms with Crippen molar-refractivity contribution in [3.63, 3.8) is 0 Å². The number of halogens is 5. The summed E-state index contributed by atoms with van der Waals surface area (Å²) < 4.78 is 67.3. The summed E-state index contributed by atoms with van der Waals surface area (Å²) in [5.41, 5.74) is 0.471. The van der Waals surface area contributed by atoms with Gasteiger partial charge in [-0.2, -0.15) is 24.9 Å². The smallest absolute Gasteiger partial charge is 0.354 e. The number of alkyl halides is 3. The quantitative estimate of drug-likeness (QED) is 0.271. The van der Waals surface area contributed by atoms with Gasteiger partial charge in [-0.25, -0.2) is 8.42 Å². The topological polar surface area (TPSA) is 66.5 Å². The van der Waals surface area contributed by atoms with E-state index in [1.54, 1.807) is 31.2 Å². The van der Waals surface area contributed by atoms with Gasteiger partial charge < -0.3 is 5.32 Å². The van der Waals surface area contributed by atoms with Crippen molar-refractivity contribution in [1.29, 1.82) is 0 Å². The van der Waals surface area contributed by atoms with Crippen molar-refractivity contribution < 1.29 is 26.4 Å². The van der Waals surface area contributed by atoms with E-state index in [9.17, 15) is 26.4 Å². The van der Waals surface area contributed by atoms with Crippen LogP contribution in [0.5, 0.6) is 0 Å². The van der Waals surface area contributed by atoms with Crippen LogP contribution in [-0.2, 0) is 26.7 Å². The molecule has 0 saturated heterocycles. The summed E-state index contributed by atoms with van der Waals surface area (Å²) in [6.07, 6.45) is -4.68. The first-order valence-electron chi connectivity index (χ1n) is 10.9. The van der Waals surface area contributed by atoms with Crippen LogP contribution in [0, 0.1) is 6.92 Å². The standard InChI is InChI=1S/C25H23Cl2F3N2O3S2/c1-17-5-8-21(9-6-17)37(34,35)32(20-4-2-3-19(14-20)25(28,29)30)15-24(33)31-11-12-36-16-18-7-10-22(26)23(27)13-18/h2-10,13-14H,11-12,15-16H2,1H3,(H,31,33). The van der Waals surface area contributed by atoms with Crippen molar-refractivity contribution in [2.24, 2.45) is 0 Å². The molecule has 0 fully saturated rings. The SMILES string of the molecule is Cc1ccc(S(=O)(=O)N(CC(=O)NCCSCc2ccc(Cl)c(Cl)c2)c2cccc(C(F)(F)F)c2)cc1. The molecule has 0 aliphatic carbocycles. The van der Waals surface area contributed by atoms with Crippen LogP contribution < -0.4 is 9.62 Å². The number of anilines is 1. The molecule has 3 aromatic rings. The summed E-state index contributed by atoms with van der Waals surface area (Å²) in [7, 11) is -4.33. The molecular formula is C25H23Cl2F3N2O3S2. The maximum Gasteiger partial charge on any atom is 0.416 e.